The first-order chi connectivity index (χ1) is 11.2. The predicted octanol–water partition coefficient (Wildman–Crippen LogP) is 3.51. The molecule has 0 unspecified atom stereocenters. The van der Waals surface area contributed by atoms with Crippen molar-refractivity contribution in [2.75, 3.05) is 14.1 Å². The molecule has 0 bridgehead atoms. The van der Waals surface area contributed by atoms with Crippen LogP contribution in [0.15, 0.2) is 84.9 Å². The lowest BCUT2D eigenvalue weighted by Gasteiger charge is -2.20. The molecule has 0 amide bonds. The maximum atomic E-state index is 2.30. The van der Waals surface area contributed by atoms with Crippen LogP contribution in [0.4, 0.5) is 0 Å². The Morgan fingerprint density at radius 1 is 0.609 bits per heavy atom. The quantitative estimate of drug-likeness (QED) is 0.651. The Bertz CT molecular complexity index is 681. The molecule has 0 spiro atoms. The highest BCUT2D eigenvalue weighted by Gasteiger charge is 2.15. The number of nitrogens with zero attached hydrogens (tertiary/aromatic N) is 1. The topological polar surface area (TPSA) is 3.24 Å². The third-order valence-corrected chi connectivity index (χ3v) is 6.17. The van der Waals surface area contributed by atoms with Crippen molar-refractivity contribution in [2.24, 2.45) is 0 Å². The van der Waals surface area contributed by atoms with Gasteiger partial charge < -0.3 is 4.90 Å². The third-order valence-electron chi connectivity index (χ3n) is 3.72. The second-order valence-electron chi connectivity index (χ2n) is 5.91. The van der Waals surface area contributed by atoms with Gasteiger partial charge in [0.15, 0.2) is 0 Å². The Kier molecular flexibility index (Phi) is 5.23. The van der Waals surface area contributed by atoms with Gasteiger partial charge in [0.05, 0.1) is 0 Å². The van der Waals surface area contributed by atoms with Crippen LogP contribution in [0.3, 0.4) is 0 Å². The number of benzene rings is 3. The molecule has 0 atom stereocenters. The van der Waals surface area contributed by atoms with Crippen LogP contribution in [0.1, 0.15) is 5.56 Å². The number of hydrogen-bond acceptors (Lipinski definition) is 1. The van der Waals surface area contributed by atoms with E-state index in [9.17, 15) is 0 Å². The normalized spacial score (nSPS) is 11.1. The zero-order chi connectivity index (χ0) is 16.1. The molecule has 0 aliphatic heterocycles. The molecular weight excluding hydrogens is 297 g/mol. The molecule has 0 aromatic heterocycles. The summed E-state index contributed by atoms with van der Waals surface area (Å²) in [6, 6.07) is 30.8. The highest BCUT2D eigenvalue weighted by molar-refractivity contribution is 7.79. The zero-order valence-electron chi connectivity index (χ0n) is 13.7. The Morgan fingerprint density at radius 3 is 1.48 bits per heavy atom. The predicted molar refractivity (Wildman–Crippen MR) is 103 cm³/mol. The van der Waals surface area contributed by atoms with Gasteiger partial charge in [0.1, 0.15) is 0 Å². The van der Waals surface area contributed by atoms with Crippen LogP contribution in [0.25, 0.3) is 0 Å². The van der Waals surface area contributed by atoms with E-state index in [-0.39, 0.29) is 0 Å². The van der Waals surface area contributed by atoms with E-state index >= 15 is 0 Å². The highest BCUT2D eigenvalue weighted by atomic mass is 31.1. The lowest BCUT2D eigenvalue weighted by Crippen LogP contribution is -2.20. The minimum Gasteiger partial charge on any atom is -0.305 e. The molecular formula is C21H22NP. The van der Waals surface area contributed by atoms with E-state index in [1.54, 1.807) is 0 Å². The van der Waals surface area contributed by atoms with Crippen molar-refractivity contribution >= 4 is 23.8 Å². The van der Waals surface area contributed by atoms with Crippen molar-refractivity contribution in [1.29, 1.82) is 0 Å². The Hall–Kier alpha value is -1.95. The summed E-state index contributed by atoms with van der Waals surface area (Å²) in [7, 11) is 3.72. The lowest BCUT2D eigenvalue weighted by atomic mass is 10.2. The fourth-order valence-electron chi connectivity index (χ4n) is 2.72. The molecule has 0 aliphatic carbocycles. The van der Waals surface area contributed by atoms with Gasteiger partial charge in [-0.2, -0.15) is 0 Å². The average molecular weight is 319 g/mol. The van der Waals surface area contributed by atoms with Crippen LogP contribution in [-0.2, 0) is 6.54 Å². The minimum atomic E-state index is -0.492. The minimum absolute atomic E-state index is 0.492. The first kappa shape index (κ1) is 15.9. The van der Waals surface area contributed by atoms with Gasteiger partial charge >= 0.3 is 0 Å². The molecule has 3 rings (SSSR count). The van der Waals surface area contributed by atoms with Crippen molar-refractivity contribution in [1.82, 2.24) is 4.90 Å². The summed E-state index contributed by atoms with van der Waals surface area (Å²) in [6.45, 7) is 0.981. The van der Waals surface area contributed by atoms with Crippen LogP contribution in [0.2, 0.25) is 0 Å². The standard InChI is InChI=1S/C21H22NP/c1-22(2)17-18-13-15-21(16-14-18)23(19-9-5-3-6-10-19)20-11-7-4-8-12-20/h3-16H,17H2,1-2H3. The van der Waals surface area contributed by atoms with Crippen molar-refractivity contribution in [3.05, 3.63) is 90.5 Å². The van der Waals surface area contributed by atoms with Crippen LogP contribution in [0, 0.1) is 0 Å². The zero-order valence-corrected chi connectivity index (χ0v) is 14.6. The summed E-state index contributed by atoms with van der Waals surface area (Å²) in [6.07, 6.45) is 0. The van der Waals surface area contributed by atoms with Crippen molar-refractivity contribution in [2.45, 2.75) is 6.54 Å². The van der Waals surface area contributed by atoms with E-state index in [0.717, 1.165) is 6.54 Å². The van der Waals surface area contributed by atoms with Crippen molar-refractivity contribution in [3.8, 4) is 0 Å². The summed E-state index contributed by atoms with van der Waals surface area (Å²) in [5.74, 6) is 0. The van der Waals surface area contributed by atoms with E-state index in [1.807, 2.05) is 0 Å². The van der Waals surface area contributed by atoms with Gasteiger partial charge in [0.2, 0.25) is 0 Å². The molecule has 0 saturated carbocycles. The molecule has 2 heteroatoms. The van der Waals surface area contributed by atoms with Gasteiger partial charge in [-0.05, 0) is 43.5 Å². The molecule has 1 nitrogen and oxygen atoms in total. The van der Waals surface area contributed by atoms with Crippen LogP contribution >= 0.6 is 7.92 Å². The van der Waals surface area contributed by atoms with E-state index < -0.39 is 7.92 Å². The molecule has 0 aliphatic rings. The van der Waals surface area contributed by atoms with Gasteiger partial charge in [-0.25, -0.2) is 0 Å². The summed E-state index contributed by atoms with van der Waals surface area (Å²) < 4.78 is 0. The molecule has 116 valence electrons. The fraction of sp³-hybridized carbons (Fsp3) is 0.143. The van der Waals surface area contributed by atoms with Crippen LogP contribution in [-0.4, -0.2) is 19.0 Å². The highest BCUT2D eigenvalue weighted by Crippen LogP contribution is 2.32. The van der Waals surface area contributed by atoms with E-state index in [4.69, 9.17) is 0 Å². The van der Waals surface area contributed by atoms with Gasteiger partial charge in [-0.1, -0.05) is 84.9 Å². The first-order valence-corrected chi connectivity index (χ1v) is 9.22. The number of hydrogen-bond donors (Lipinski definition) is 0. The molecule has 23 heavy (non-hydrogen) atoms. The maximum absolute atomic E-state index is 2.30. The van der Waals surface area contributed by atoms with Crippen LogP contribution in [0.5, 0.6) is 0 Å². The Morgan fingerprint density at radius 2 is 1.04 bits per heavy atom. The smallest absolute Gasteiger partial charge is 0.0227 e. The van der Waals surface area contributed by atoms with E-state index in [2.05, 4.69) is 104 Å². The van der Waals surface area contributed by atoms with Gasteiger partial charge in [0, 0.05) is 6.54 Å². The molecule has 3 aromatic rings. The van der Waals surface area contributed by atoms with Crippen molar-refractivity contribution in [3.63, 3.8) is 0 Å². The maximum Gasteiger partial charge on any atom is 0.0227 e. The summed E-state index contributed by atoms with van der Waals surface area (Å²) >= 11 is 0. The second kappa shape index (κ2) is 7.55. The molecule has 0 radical (unpaired) electrons. The first-order valence-electron chi connectivity index (χ1n) is 7.88. The van der Waals surface area contributed by atoms with E-state index in [1.165, 1.54) is 21.5 Å². The molecule has 0 saturated heterocycles. The summed E-state index contributed by atoms with van der Waals surface area (Å²) in [5.41, 5.74) is 1.36. The fourth-order valence-corrected chi connectivity index (χ4v) is 5.00. The van der Waals surface area contributed by atoms with E-state index in [0.29, 0.717) is 0 Å². The molecule has 0 fully saturated rings. The average Bonchev–Trinajstić information content (AvgIpc) is 2.58. The second-order valence-corrected chi connectivity index (χ2v) is 8.13. The largest absolute Gasteiger partial charge is 0.305 e. The SMILES string of the molecule is CN(C)Cc1ccc(P(c2ccccc2)c2ccccc2)cc1. The van der Waals surface area contributed by atoms with Gasteiger partial charge in [-0.15, -0.1) is 0 Å². The van der Waals surface area contributed by atoms with Gasteiger partial charge in [0.25, 0.3) is 0 Å². The Balaban J connectivity index is 1.99. The lowest BCUT2D eigenvalue weighted by molar-refractivity contribution is 0.402. The van der Waals surface area contributed by atoms with Crippen LogP contribution < -0.4 is 15.9 Å². The third kappa shape index (κ3) is 4.07. The monoisotopic (exact) mass is 319 g/mol. The number of rotatable bonds is 5. The van der Waals surface area contributed by atoms with Crippen molar-refractivity contribution < 1.29 is 0 Å². The molecule has 3 aromatic carbocycles. The summed E-state index contributed by atoms with van der Waals surface area (Å²) in [5, 5.41) is 4.20. The summed E-state index contributed by atoms with van der Waals surface area (Å²) in [4.78, 5) is 2.20. The Labute approximate surface area is 140 Å². The van der Waals surface area contributed by atoms with Gasteiger partial charge in [-0.3, -0.25) is 0 Å². The molecule has 0 N–H and O–H groups in total. The molecule has 0 heterocycles.